The number of nitrogens with two attached hydrogens (primary N) is 1. The molecule has 0 fully saturated rings. The van der Waals surface area contributed by atoms with Crippen LogP contribution in [0.15, 0.2) is 59.8 Å². The van der Waals surface area contributed by atoms with Crippen LogP contribution in [-0.4, -0.2) is 42.0 Å². The highest BCUT2D eigenvalue weighted by Gasteiger charge is 2.26. The summed E-state index contributed by atoms with van der Waals surface area (Å²) in [5.41, 5.74) is 8.72. The number of carbonyl (C=O) groups excluding carboxylic acids is 1. The van der Waals surface area contributed by atoms with E-state index >= 15 is 0 Å². The van der Waals surface area contributed by atoms with E-state index in [1.165, 1.54) is 49.7 Å². The van der Waals surface area contributed by atoms with Gasteiger partial charge in [-0.25, -0.2) is 27.8 Å². The van der Waals surface area contributed by atoms with E-state index in [9.17, 15) is 17.6 Å². The Kier molecular flexibility index (Phi) is 7.40. The van der Waals surface area contributed by atoms with Crippen LogP contribution < -0.4 is 15.2 Å². The van der Waals surface area contributed by atoms with E-state index in [0.717, 1.165) is 16.7 Å². The molecule has 4 rings (SSSR count). The molecule has 3 aromatic heterocycles. The second-order valence-corrected chi connectivity index (χ2v) is 10.6. The molecule has 196 valence electrons. The average Bonchev–Trinajstić information content (AvgIpc) is 2.85. The topological polar surface area (TPSA) is 134 Å². The van der Waals surface area contributed by atoms with Crippen LogP contribution in [0, 0.1) is 26.6 Å². The number of benzene rings is 1. The molecule has 0 unspecified atom stereocenters. The number of aromatic nitrogens is 3. The van der Waals surface area contributed by atoms with Crippen LogP contribution in [0.3, 0.4) is 0 Å². The number of hydrogen-bond acceptors (Lipinski definition) is 9. The second-order valence-electron chi connectivity index (χ2n) is 8.68. The van der Waals surface area contributed by atoms with Crippen molar-refractivity contribution in [2.45, 2.75) is 25.8 Å². The SMILES string of the molecule is COc1ncc(-c2ccc(C(=O)CS(=O)(=O)c3cccc(N)n3)c(Oc3c(C)cc(C)cc3C)n2)cc1F. The molecule has 0 saturated carbocycles. The second kappa shape index (κ2) is 10.5. The number of rotatable bonds is 8. The highest BCUT2D eigenvalue weighted by molar-refractivity contribution is 7.92. The normalized spacial score (nSPS) is 11.3. The van der Waals surface area contributed by atoms with Crippen molar-refractivity contribution in [2.24, 2.45) is 0 Å². The maximum Gasteiger partial charge on any atom is 0.250 e. The van der Waals surface area contributed by atoms with Gasteiger partial charge in [0.2, 0.25) is 21.6 Å². The van der Waals surface area contributed by atoms with Crippen molar-refractivity contribution < 1.29 is 27.1 Å². The van der Waals surface area contributed by atoms with E-state index < -0.39 is 27.2 Å². The highest BCUT2D eigenvalue weighted by atomic mass is 32.2. The minimum absolute atomic E-state index is 0.0132. The summed E-state index contributed by atoms with van der Waals surface area (Å²) in [6.45, 7) is 5.64. The minimum Gasteiger partial charge on any atom is -0.479 e. The number of sulfone groups is 1. The summed E-state index contributed by atoms with van der Waals surface area (Å²) in [6, 6.07) is 12.0. The number of ketones is 1. The third-order valence-electron chi connectivity index (χ3n) is 5.65. The summed E-state index contributed by atoms with van der Waals surface area (Å²) >= 11 is 0. The maximum atomic E-state index is 14.3. The molecule has 0 aliphatic carbocycles. The summed E-state index contributed by atoms with van der Waals surface area (Å²) in [5.74, 6) is -2.17. The molecule has 38 heavy (non-hydrogen) atoms. The van der Waals surface area contributed by atoms with Crippen LogP contribution in [0.2, 0.25) is 0 Å². The molecular weight excluding hydrogens is 511 g/mol. The van der Waals surface area contributed by atoms with Crippen LogP contribution in [-0.2, 0) is 9.84 Å². The van der Waals surface area contributed by atoms with Gasteiger partial charge in [0.05, 0.1) is 18.4 Å². The molecule has 0 aliphatic heterocycles. The zero-order valence-corrected chi connectivity index (χ0v) is 22.0. The Labute approximate surface area is 219 Å². The van der Waals surface area contributed by atoms with E-state index in [1.807, 2.05) is 32.9 Å². The lowest BCUT2D eigenvalue weighted by Crippen LogP contribution is -2.19. The molecule has 0 saturated heterocycles. The van der Waals surface area contributed by atoms with Gasteiger partial charge in [-0.1, -0.05) is 23.8 Å². The summed E-state index contributed by atoms with van der Waals surface area (Å²) in [5, 5.41) is -0.317. The fourth-order valence-corrected chi connectivity index (χ4v) is 5.14. The lowest BCUT2D eigenvalue weighted by molar-refractivity contribution is 0.101. The average molecular weight is 537 g/mol. The van der Waals surface area contributed by atoms with Gasteiger partial charge in [-0.2, -0.15) is 0 Å². The standard InChI is InChI=1S/C27H25FN4O5S/c1-15-10-16(2)25(17(3)11-15)37-26-19(22(33)14-38(34,35)24-7-5-6-23(29)32-24)8-9-21(31-26)18-12-20(28)27(36-4)30-13-18/h5-13H,14H2,1-4H3,(H2,29,32). The predicted molar refractivity (Wildman–Crippen MR) is 140 cm³/mol. The summed E-state index contributed by atoms with van der Waals surface area (Å²) < 4.78 is 51.1. The summed E-state index contributed by atoms with van der Waals surface area (Å²) in [7, 11) is -2.81. The van der Waals surface area contributed by atoms with E-state index in [-0.39, 0.29) is 33.9 Å². The number of anilines is 1. The molecular formula is C27H25FN4O5S. The number of nitrogens with zero attached hydrogens (tertiary/aromatic N) is 3. The molecule has 0 bridgehead atoms. The number of Topliss-reactive ketones (excluding diaryl/α,β-unsaturated/α-hetero) is 1. The maximum absolute atomic E-state index is 14.3. The van der Waals surface area contributed by atoms with Gasteiger partial charge in [0.25, 0.3) is 0 Å². The molecule has 11 heteroatoms. The largest absolute Gasteiger partial charge is 0.479 e. The first-order valence-electron chi connectivity index (χ1n) is 11.4. The number of methoxy groups -OCH3 is 1. The lowest BCUT2D eigenvalue weighted by atomic mass is 10.1. The Morgan fingerprint density at radius 1 is 1.00 bits per heavy atom. The van der Waals surface area contributed by atoms with Crippen LogP contribution >= 0.6 is 0 Å². The molecule has 0 spiro atoms. The van der Waals surface area contributed by atoms with Crippen LogP contribution in [0.5, 0.6) is 17.5 Å². The zero-order valence-electron chi connectivity index (χ0n) is 21.1. The zero-order chi connectivity index (χ0) is 27.6. The molecule has 0 radical (unpaired) electrons. The molecule has 9 nitrogen and oxygen atoms in total. The first-order valence-corrected chi connectivity index (χ1v) is 13.1. The van der Waals surface area contributed by atoms with E-state index in [4.69, 9.17) is 15.2 Å². The molecule has 1 aromatic carbocycles. The van der Waals surface area contributed by atoms with E-state index in [2.05, 4.69) is 15.0 Å². The first kappa shape index (κ1) is 26.7. The van der Waals surface area contributed by atoms with Gasteiger partial charge in [-0.3, -0.25) is 4.79 Å². The minimum atomic E-state index is -4.11. The van der Waals surface area contributed by atoms with Crippen LogP contribution in [0.1, 0.15) is 27.0 Å². The van der Waals surface area contributed by atoms with Crippen LogP contribution in [0.4, 0.5) is 10.2 Å². The Morgan fingerprint density at radius 2 is 1.71 bits per heavy atom. The van der Waals surface area contributed by atoms with Gasteiger partial charge in [0, 0.05) is 11.8 Å². The molecule has 4 aromatic rings. The first-order chi connectivity index (χ1) is 18.0. The van der Waals surface area contributed by atoms with Gasteiger partial charge in [-0.15, -0.1) is 0 Å². The van der Waals surface area contributed by atoms with Gasteiger partial charge in [0.1, 0.15) is 17.3 Å². The summed E-state index contributed by atoms with van der Waals surface area (Å²) in [4.78, 5) is 25.5. The van der Waals surface area contributed by atoms with Crippen molar-refractivity contribution in [3.8, 4) is 28.8 Å². The van der Waals surface area contributed by atoms with Crippen molar-refractivity contribution >= 4 is 21.4 Å². The van der Waals surface area contributed by atoms with Crippen molar-refractivity contribution in [3.05, 3.63) is 82.8 Å². The van der Waals surface area contributed by atoms with Crippen molar-refractivity contribution in [1.82, 2.24) is 15.0 Å². The summed E-state index contributed by atoms with van der Waals surface area (Å²) in [6.07, 6.45) is 1.37. The number of hydrogen-bond donors (Lipinski definition) is 1. The predicted octanol–water partition coefficient (Wildman–Crippen LogP) is 4.64. The van der Waals surface area contributed by atoms with Crippen molar-refractivity contribution in [3.63, 3.8) is 0 Å². The third kappa shape index (κ3) is 5.62. The van der Waals surface area contributed by atoms with Crippen LogP contribution in [0.25, 0.3) is 11.3 Å². The number of pyridine rings is 3. The van der Waals surface area contributed by atoms with Gasteiger partial charge in [0.15, 0.2) is 16.6 Å². The lowest BCUT2D eigenvalue weighted by Gasteiger charge is -2.16. The number of ether oxygens (including phenoxy) is 2. The number of carbonyl (C=O) groups is 1. The van der Waals surface area contributed by atoms with E-state index in [0.29, 0.717) is 11.3 Å². The number of halogens is 1. The fourth-order valence-electron chi connectivity index (χ4n) is 3.96. The molecule has 0 atom stereocenters. The molecule has 0 amide bonds. The van der Waals surface area contributed by atoms with Gasteiger partial charge >= 0.3 is 0 Å². The Morgan fingerprint density at radius 3 is 2.34 bits per heavy atom. The quantitative estimate of drug-likeness (QED) is 0.320. The smallest absolute Gasteiger partial charge is 0.250 e. The molecule has 0 aliphatic rings. The Balaban J connectivity index is 1.79. The number of aryl methyl sites for hydroxylation is 3. The number of nitrogen functional groups attached to an aromatic ring is 1. The highest BCUT2D eigenvalue weighted by Crippen LogP contribution is 2.33. The third-order valence-corrected chi connectivity index (χ3v) is 7.15. The molecule has 2 N–H and O–H groups in total. The Hall–Kier alpha value is -4.38. The van der Waals surface area contributed by atoms with Crippen molar-refractivity contribution in [1.29, 1.82) is 0 Å². The molecule has 3 heterocycles. The van der Waals surface area contributed by atoms with E-state index in [1.54, 1.807) is 0 Å². The van der Waals surface area contributed by atoms with Gasteiger partial charge < -0.3 is 15.2 Å². The Bertz CT molecular complexity index is 1630. The van der Waals surface area contributed by atoms with Crippen molar-refractivity contribution in [2.75, 3.05) is 18.6 Å². The van der Waals surface area contributed by atoms with Gasteiger partial charge in [-0.05, 0) is 62.2 Å². The monoisotopic (exact) mass is 536 g/mol. The fraction of sp³-hybridized carbons (Fsp3) is 0.185.